The van der Waals surface area contributed by atoms with Crippen molar-refractivity contribution in [3.8, 4) is 11.1 Å². The molecule has 0 saturated carbocycles. The summed E-state index contributed by atoms with van der Waals surface area (Å²) in [4.78, 5) is 35.6. The molecule has 1 aliphatic rings. The van der Waals surface area contributed by atoms with Crippen LogP contribution in [0.2, 0.25) is 0 Å². The number of amides is 2. The van der Waals surface area contributed by atoms with Crippen molar-refractivity contribution in [3.05, 3.63) is 59.7 Å². The van der Waals surface area contributed by atoms with E-state index in [0.29, 0.717) is 6.42 Å². The van der Waals surface area contributed by atoms with E-state index in [4.69, 9.17) is 9.84 Å². The van der Waals surface area contributed by atoms with Crippen LogP contribution in [0.1, 0.15) is 43.2 Å². The molecule has 9 heteroatoms. The Balaban J connectivity index is 1.55. The first kappa shape index (κ1) is 24.2. The summed E-state index contributed by atoms with van der Waals surface area (Å²) in [6.07, 6.45) is -4.46. The monoisotopic (exact) mass is 460 g/mol. The van der Waals surface area contributed by atoms with Crippen LogP contribution in [-0.4, -0.2) is 48.2 Å². The highest BCUT2D eigenvalue weighted by atomic mass is 19.3. The van der Waals surface area contributed by atoms with E-state index in [0.717, 1.165) is 22.3 Å². The third kappa shape index (κ3) is 6.06. The molecule has 2 amide bonds. The fourth-order valence-electron chi connectivity index (χ4n) is 3.98. The quantitative estimate of drug-likeness (QED) is 0.499. The lowest BCUT2D eigenvalue weighted by molar-refractivity contribution is -0.143. The van der Waals surface area contributed by atoms with Gasteiger partial charge in [0.15, 0.2) is 0 Å². The van der Waals surface area contributed by atoms with E-state index in [1.165, 1.54) is 0 Å². The molecule has 3 rings (SSSR count). The zero-order chi connectivity index (χ0) is 24.0. The van der Waals surface area contributed by atoms with Crippen molar-refractivity contribution in [3.63, 3.8) is 0 Å². The maximum atomic E-state index is 12.5. The minimum atomic E-state index is -2.87. The predicted octanol–water partition coefficient (Wildman–Crippen LogP) is 3.92. The fourth-order valence-corrected chi connectivity index (χ4v) is 3.98. The average Bonchev–Trinajstić information content (AvgIpc) is 3.10. The number of carboxylic acid groups (broad SMARTS) is 1. The summed E-state index contributed by atoms with van der Waals surface area (Å²) in [7, 11) is 0. The molecule has 0 spiro atoms. The first-order valence-corrected chi connectivity index (χ1v) is 10.7. The van der Waals surface area contributed by atoms with Gasteiger partial charge >= 0.3 is 12.1 Å². The van der Waals surface area contributed by atoms with Crippen molar-refractivity contribution < 1.29 is 33.0 Å². The molecule has 3 N–H and O–H groups in total. The Morgan fingerprint density at radius 3 is 2.09 bits per heavy atom. The van der Waals surface area contributed by atoms with Crippen LogP contribution in [0, 0.1) is 0 Å². The third-order valence-electron chi connectivity index (χ3n) is 5.64. The second kappa shape index (κ2) is 10.9. The standard InChI is InChI=1S/C24H26F2N2O5/c1-2-14(11-22(29)28-20(23(30)31)12-21(25)26)27-24(32)33-13-19-17-9-5-3-7-15(17)16-8-4-6-10-18(16)19/h3-10,14,19-21H,2,11-13H2,1H3,(H,27,32)(H,28,29)(H,30,31)/t14-,20?/m1/s1. The Hall–Kier alpha value is -3.49. The number of hydrogen-bond acceptors (Lipinski definition) is 4. The largest absolute Gasteiger partial charge is 0.480 e. The molecule has 33 heavy (non-hydrogen) atoms. The second-order valence-electron chi connectivity index (χ2n) is 7.86. The molecule has 0 fully saturated rings. The lowest BCUT2D eigenvalue weighted by Gasteiger charge is -2.20. The molecular weight excluding hydrogens is 434 g/mol. The van der Waals surface area contributed by atoms with Gasteiger partial charge < -0.3 is 20.5 Å². The number of alkyl carbamates (subject to hydrolysis) is 1. The first-order valence-electron chi connectivity index (χ1n) is 10.7. The number of fused-ring (bicyclic) bond motifs is 3. The summed E-state index contributed by atoms with van der Waals surface area (Å²) in [6, 6.07) is 13.5. The van der Waals surface area contributed by atoms with Crippen LogP contribution >= 0.6 is 0 Å². The van der Waals surface area contributed by atoms with Gasteiger partial charge in [-0.3, -0.25) is 4.79 Å². The second-order valence-corrected chi connectivity index (χ2v) is 7.86. The number of carboxylic acids is 1. The van der Waals surface area contributed by atoms with Crippen LogP contribution in [0.3, 0.4) is 0 Å². The van der Waals surface area contributed by atoms with Crippen LogP contribution in [0.4, 0.5) is 13.6 Å². The van der Waals surface area contributed by atoms with Gasteiger partial charge in [-0.05, 0) is 28.7 Å². The summed E-state index contributed by atoms with van der Waals surface area (Å²) in [6.45, 7) is 1.84. The number of hydrogen-bond donors (Lipinski definition) is 3. The van der Waals surface area contributed by atoms with Gasteiger partial charge in [-0.2, -0.15) is 0 Å². The minimum absolute atomic E-state index is 0.109. The fraction of sp³-hybridized carbons (Fsp3) is 0.375. The van der Waals surface area contributed by atoms with Crippen LogP contribution < -0.4 is 10.6 Å². The van der Waals surface area contributed by atoms with Crippen LogP contribution in [0.5, 0.6) is 0 Å². The van der Waals surface area contributed by atoms with Gasteiger partial charge in [-0.25, -0.2) is 18.4 Å². The number of carbonyl (C=O) groups is 3. The third-order valence-corrected chi connectivity index (χ3v) is 5.64. The maximum absolute atomic E-state index is 12.5. The van der Waals surface area contributed by atoms with E-state index in [-0.39, 0.29) is 18.9 Å². The van der Waals surface area contributed by atoms with Crippen molar-refractivity contribution in [1.82, 2.24) is 10.6 Å². The Morgan fingerprint density at radius 1 is 1.00 bits per heavy atom. The molecule has 2 atom stereocenters. The Labute approximate surface area is 190 Å². The van der Waals surface area contributed by atoms with Crippen molar-refractivity contribution in [1.29, 1.82) is 0 Å². The van der Waals surface area contributed by atoms with E-state index < -0.39 is 42.9 Å². The summed E-state index contributed by atoms with van der Waals surface area (Å²) in [5, 5.41) is 13.7. The molecule has 2 aromatic rings. The molecule has 1 unspecified atom stereocenters. The highest BCUT2D eigenvalue weighted by Crippen LogP contribution is 2.44. The average molecular weight is 460 g/mol. The van der Waals surface area contributed by atoms with Crippen LogP contribution in [0.25, 0.3) is 11.1 Å². The highest BCUT2D eigenvalue weighted by molar-refractivity contribution is 5.84. The van der Waals surface area contributed by atoms with Crippen LogP contribution in [0.15, 0.2) is 48.5 Å². The number of benzene rings is 2. The Bertz CT molecular complexity index is 968. The molecule has 1 aliphatic carbocycles. The zero-order valence-electron chi connectivity index (χ0n) is 18.1. The molecule has 7 nitrogen and oxygen atoms in total. The van der Waals surface area contributed by atoms with Crippen molar-refractivity contribution >= 4 is 18.0 Å². The summed E-state index contributed by atoms with van der Waals surface area (Å²) in [5.74, 6) is -2.40. The molecule has 2 aromatic carbocycles. The summed E-state index contributed by atoms with van der Waals surface area (Å²) in [5.41, 5.74) is 4.33. The molecular formula is C24H26F2N2O5. The molecule has 0 saturated heterocycles. The van der Waals surface area contributed by atoms with Gasteiger partial charge in [0.1, 0.15) is 12.6 Å². The van der Waals surface area contributed by atoms with Gasteiger partial charge in [0.2, 0.25) is 12.3 Å². The van der Waals surface area contributed by atoms with Crippen LogP contribution in [-0.2, 0) is 14.3 Å². The summed E-state index contributed by atoms with van der Waals surface area (Å²) < 4.78 is 30.5. The smallest absolute Gasteiger partial charge is 0.407 e. The number of alkyl halides is 2. The molecule has 0 aromatic heterocycles. The number of ether oxygens (including phenoxy) is 1. The normalized spacial score (nSPS) is 14.2. The van der Waals surface area contributed by atoms with E-state index in [1.807, 2.05) is 48.5 Å². The van der Waals surface area contributed by atoms with Gasteiger partial charge in [-0.15, -0.1) is 0 Å². The van der Waals surface area contributed by atoms with Gasteiger partial charge in [0, 0.05) is 24.8 Å². The summed E-state index contributed by atoms with van der Waals surface area (Å²) >= 11 is 0. The SMILES string of the molecule is CC[C@H](CC(=O)NC(CC(F)F)C(=O)O)NC(=O)OCC1c2ccccc2-c2ccccc21. The van der Waals surface area contributed by atoms with Gasteiger partial charge in [0.25, 0.3) is 0 Å². The van der Waals surface area contributed by atoms with Gasteiger partial charge in [0.05, 0.1) is 0 Å². The Morgan fingerprint density at radius 2 is 1.58 bits per heavy atom. The molecule has 176 valence electrons. The minimum Gasteiger partial charge on any atom is -0.480 e. The van der Waals surface area contributed by atoms with Crippen molar-refractivity contribution in [2.45, 2.75) is 50.6 Å². The maximum Gasteiger partial charge on any atom is 0.407 e. The van der Waals surface area contributed by atoms with Crippen molar-refractivity contribution in [2.75, 3.05) is 6.61 Å². The topological polar surface area (TPSA) is 105 Å². The lowest BCUT2D eigenvalue weighted by atomic mass is 9.98. The van der Waals surface area contributed by atoms with E-state index >= 15 is 0 Å². The molecule has 0 aliphatic heterocycles. The molecule has 0 heterocycles. The molecule has 0 bridgehead atoms. The predicted molar refractivity (Wildman–Crippen MR) is 117 cm³/mol. The van der Waals surface area contributed by atoms with E-state index in [2.05, 4.69) is 10.6 Å². The number of carbonyl (C=O) groups excluding carboxylic acids is 2. The number of aliphatic carboxylic acids is 1. The number of nitrogens with one attached hydrogen (secondary N) is 2. The number of rotatable bonds is 10. The van der Waals surface area contributed by atoms with Crippen molar-refractivity contribution in [2.24, 2.45) is 0 Å². The lowest BCUT2D eigenvalue weighted by Crippen LogP contribution is -2.45. The number of halogens is 2. The zero-order valence-corrected chi connectivity index (χ0v) is 18.1. The Kier molecular flexibility index (Phi) is 7.97. The highest BCUT2D eigenvalue weighted by Gasteiger charge is 2.29. The molecule has 0 radical (unpaired) electrons. The first-order chi connectivity index (χ1) is 15.8. The van der Waals surface area contributed by atoms with E-state index in [1.54, 1.807) is 6.92 Å². The van der Waals surface area contributed by atoms with E-state index in [9.17, 15) is 23.2 Å². The van der Waals surface area contributed by atoms with Gasteiger partial charge in [-0.1, -0.05) is 55.5 Å².